The first-order valence-corrected chi connectivity index (χ1v) is 9.61. The van der Waals surface area contributed by atoms with Gasteiger partial charge in [-0.15, -0.1) is 0 Å². The predicted molar refractivity (Wildman–Crippen MR) is 117 cm³/mol. The molecule has 4 rings (SSSR count). The van der Waals surface area contributed by atoms with Crippen molar-refractivity contribution in [3.05, 3.63) is 81.8 Å². The minimum absolute atomic E-state index is 0.195. The molecule has 0 saturated carbocycles. The average Bonchev–Trinajstić information content (AvgIpc) is 3.21. The molecular formula is C23H19N5O3. The molecule has 2 aromatic carbocycles. The summed E-state index contributed by atoms with van der Waals surface area (Å²) >= 11 is 0. The van der Waals surface area contributed by atoms with Crippen molar-refractivity contribution in [3.8, 4) is 17.5 Å². The zero-order chi connectivity index (χ0) is 22.0. The zero-order valence-electron chi connectivity index (χ0n) is 16.6. The summed E-state index contributed by atoms with van der Waals surface area (Å²) in [5, 5.41) is 22.5. The van der Waals surface area contributed by atoms with E-state index in [2.05, 4.69) is 20.3 Å². The van der Waals surface area contributed by atoms with Gasteiger partial charge in [-0.05, 0) is 36.2 Å². The average molecular weight is 413 g/mol. The molecular weight excluding hydrogens is 394 g/mol. The first kappa shape index (κ1) is 20.1. The van der Waals surface area contributed by atoms with Gasteiger partial charge in [-0.3, -0.25) is 9.59 Å². The van der Waals surface area contributed by atoms with Gasteiger partial charge in [0.1, 0.15) is 17.5 Å². The van der Waals surface area contributed by atoms with Gasteiger partial charge in [0.25, 0.3) is 11.3 Å². The molecule has 4 aromatic rings. The zero-order valence-corrected chi connectivity index (χ0v) is 16.6. The molecule has 1 unspecified atom stereocenters. The van der Waals surface area contributed by atoms with Crippen LogP contribution in [-0.4, -0.2) is 32.4 Å². The minimum Gasteiger partial charge on any atom is -0.387 e. The van der Waals surface area contributed by atoms with E-state index in [1.807, 2.05) is 30.3 Å². The normalized spacial score (nSPS) is 11.8. The lowest BCUT2D eigenvalue weighted by molar-refractivity contribution is 0.105. The number of ketones is 1. The molecule has 0 bridgehead atoms. The number of hydrogen-bond acceptors (Lipinski definition) is 6. The largest absolute Gasteiger partial charge is 0.387 e. The third-order valence-electron chi connectivity index (χ3n) is 5.01. The molecule has 8 nitrogen and oxygen atoms in total. The molecule has 4 N–H and O–H groups in total. The number of benzene rings is 2. The fourth-order valence-electron chi connectivity index (χ4n) is 3.47. The number of aliphatic hydroxyl groups is 1. The van der Waals surface area contributed by atoms with Crippen molar-refractivity contribution in [3.63, 3.8) is 0 Å². The first-order valence-electron chi connectivity index (χ1n) is 9.61. The number of nitriles is 1. The molecule has 8 heteroatoms. The van der Waals surface area contributed by atoms with Crippen molar-refractivity contribution < 1.29 is 9.90 Å². The van der Waals surface area contributed by atoms with Crippen molar-refractivity contribution in [1.29, 1.82) is 5.26 Å². The van der Waals surface area contributed by atoms with Crippen LogP contribution in [0.4, 0.5) is 5.69 Å². The second kappa shape index (κ2) is 8.26. The smallest absolute Gasteiger partial charge is 0.262 e. The predicted octanol–water partition coefficient (Wildman–Crippen LogP) is 3.08. The van der Waals surface area contributed by atoms with Gasteiger partial charge >= 0.3 is 0 Å². The number of aromatic nitrogens is 3. The molecule has 0 fully saturated rings. The standard InChI is InChI=1S/C23H19N5O3/c1-13-9-15(18(29)11-24)10-17-21(13)28-22(27-17)20-16(7-8-25-23(20)31)26-12-19(30)14-5-3-2-4-6-14/h2-10,19,30H,12H2,1H3,(H,27,28)(H2,25,26,31). The van der Waals surface area contributed by atoms with Crippen molar-refractivity contribution in [2.24, 2.45) is 0 Å². The van der Waals surface area contributed by atoms with Crippen LogP contribution in [0.3, 0.4) is 0 Å². The van der Waals surface area contributed by atoms with Gasteiger partial charge in [0.15, 0.2) is 0 Å². The number of aromatic amines is 2. The number of carbonyl (C=O) groups excluding carboxylic acids is 1. The quantitative estimate of drug-likeness (QED) is 0.283. The van der Waals surface area contributed by atoms with Crippen molar-refractivity contribution in [1.82, 2.24) is 15.0 Å². The Hall–Kier alpha value is -4.22. The van der Waals surface area contributed by atoms with E-state index in [1.54, 1.807) is 31.2 Å². The van der Waals surface area contributed by atoms with Gasteiger partial charge in [-0.2, -0.15) is 5.26 Å². The Morgan fingerprint density at radius 3 is 2.77 bits per heavy atom. The van der Waals surface area contributed by atoms with Crippen LogP contribution in [0.5, 0.6) is 0 Å². The fourth-order valence-corrected chi connectivity index (χ4v) is 3.47. The van der Waals surface area contributed by atoms with E-state index in [-0.39, 0.29) is 23.2 Å². The lowest BCUT2D eigenvalue weighted by Gasteiger charge is -2.14. The number of aryl methyl sites for hydroxylation is 1. The highest BCUT2D eigenvalue weighted by Gasteiger charge is 2.17. The molecule has 0 aliphatic rings. The SMILES string of the molecule is Cc1cc(C(=O)C#N)cc2[nH]c(-c3c(NCC(O)c4ccccc4)cc[nH]c3=O)nc12. The highest BCUT2D eigenvalue weighted by atomic mass is 16.3. The van der Waals surface area contributed by atoms with E-state index in [9.17, 15) is 14.7 Å². The summed E-state index contributed by atoms with van der Waals surface area (Å²) in [6.07, 6.45) is 0.756. The second-order valence-corrected chi connectivity index (χ2v) is 7.12. The summed E-state index contributed by atoms with van der Waals surface area (Å²) in [6, 6.07) is 15.7. The molecule has 0 amide bonds. The number of nitrogens with zero attached hydrogens (tertiary/aromatic N) is 2. The van der Waals surface area contributed by atoms with Crippen LogP contribution in [0, 0.1) is 18.3 Å². The van der Waals surface area contributed by atoms with Gasteiger partial charge in [0.2, 0.25) is 0 Å². The third-order valence-corrected chi connectivity index (χ3v) is 5.01. The number of fused-ring (bicyclic) bond motifs is 1. The molecule has 31 heavy (non-hydrogen) atoms. The van der Waals surface area contributed by atoms with E-state index >= 15 is 0 Å². The molecule has 0 spiro atoms. The summed E-state index contributed by atoms with van der Waals surface area (Å²) in [7, 11) is 0. The van der Waals surface area contributed by atoms with E-state index in [0.717, 1.165) is 5.56 Å². The van der Waals surface area contributed by atoms with Crippen LogP contribution >= 0.6 is 0 Å². The minimum atomic E-state index is -0.759. The fraction of sp³-hybridized carbons (Fsp3) is 0.130. The van der Waals surface area contributed by atoms with Crippen LogP contribution in [0.2, 0.25) is 0 Å². The molecule has 0 radical (unpaired) electrons. The van der Waals surface area contributed by atoms with Gasteiger partial charge in [-0.25, -0.2) is 4.98 Å². The molecule has 0 aliphatic carbocycles. The number of carbonyl (C=O) groups is 1. The highest BCUT2D eigenvalue weighted by Crippen LogP contribution is 2.27. The van der Waals surface area contributed by atoms with Gasteiger partial charge < -0.3 is 20.4 Å². The first-order chi connectivity index (χ1) is 15.0. The Morgan fingerprint density at radius 1 is 1.26 bits per heavy atom. The number of anilines is 1. The molecule has 2 heterocycles. The Morgan fingerprint density at radius 2 is 2.03 bits per heavy atom. The number of pyridine rings is 1. The highest BCUT2D eigenvalue weighted by molar-refractivity contribution is 6.09. The summed E-state index contributed by atoms with van der Waals surface area (Å²) in [6.45, 7) is 1.98. The molecule has 0 saturated heterocycles. The number of imidazole rings is 1. The molecule has 1 atom stereocenters. The molecule has 0 aliphatic heterocycles. The van der Waals surface area contributed by atoms with Crippen molar-refractivity contribution in [2.75, 3.05) is 11.9 Å². The topological polar surface area (TPSA) is 135 Å². The summed E-state index contributed by atoms with van der Waals surface area (Å²) in [5.74, 6) is -0.325. The van der Waals surface area contributed by atoms with E-state index in [1.165, 1.54) is 6.20 Å². The van der Waals surface area contributed by atoms with Gasteiger partial charge in [0.05, 0.1) is 22.8 Å². The number of rotatable bonds is 6. The Bertz CT molecular complexity index is 1370. The second-order valence-electron chi connectivity index (χ2n) is 7.12. The number of hydrogen-bond donors (Lipinski definition) is 4. The Labute approximate surface area is 177 Å². The molecule has 154 valence electrons. The van der Waals surface area contributed by atoms with Crippen LogP contribution in [0.25, 0.3) is 22.4 Å². The maximum atomic E-state index is 12.6. The van der Waals surface area contributed by atoms with Gasteiger partial charge in [0, 0.05) is 18.3 Å². The maximum Gasteiger partial charge on any atom is 0.262 e. The number of Topliss-reactive ketones (excluding diaryl/α,β-unsaturated/α-hetero) is 1. The lowest BCUT2D eigenvalue weighted by atomic mass is 10.1. The monoisotopic (exact) mass is 413 g/mol. The van der Waals surface area contributed by atoms with E-state index in [0.29, 0.717) is 28.1 Å². The Balaban J connectivity index is 1.71. The van der Waals surface area contributed by atoms with E-state index in [4.69, 9.17) is 5.26 Å². The number of H-pyrrole nitrogens is 2. The van der Waals surface area contributed by atoms with Crippen LogP contribution < -0.4 is 10.9 Å². The van der Waals surface area contributed by atoms with Crippen molar-refractivity contribution in [2.45, 2.75) is 13.0 Å². The third kappa shape index (κ3) is 3.95. The van der Waals surface area contributed by atoms with Gasteiger partial charge in [-0.1, -0.05) is 30.3 Å². The van der Waals surface area contributed by atoms with Crippen LogP contribution in [0.15, 0.2) is 59.5 Å². The van der Waals surface area contributed by atoms with Crippen LogP contribution in [-0.2, 0) is 0 Å². The summed E-state index contributed by atoms with van der Waals surface area (Å²) in [4.78, 5) is 34.7. The number of nitrogens with one attached hydrogen (secondary N) is 3. The van der Waals surface area contributed by atoms with Crippen molar-refractivity contribution >= 4 is 22.5 Å². The van der Waals surface area contributed by atoms with Crippen LogP contribution in [0.1, 0.15) is 27.6 Å². The maximum absolute atomic E-state index is 12.6. The summed E-state index contributed by atoms with van der Waals surface area (Å²) < 4.78 is 0. The Kier molecular flexibility index (Phi) is 5.35. The van der Waals surface area contributed by atoms with E-state index < -0.39 is 11.9 Å². The summed E-state index contributed by atoms with van der Waals surface area (Å²) in [5.41, 5.74) is 3.30. The number of aliphatic hydroxyl groups excluding tert-OH is 1. The molecule has 2 aromatic heterocycles. The lowest BCUT2D eigenvalue weighted by Crippen LogP contribution is -2.17.